The molecule has 0 bridgehead atoms. The number of halogens is 1. The van der Waals surface area contributed by atoms with Gasteiger partial charge < -0.3 is 14.9 Å². The van der Waals surface area contributed by atoms with Crippen LogP contribution in [0, 0.1) is 6.92 Å². The molecular formula is C13H14ClNO2. The fraction of sp³-hybridized carbons (Fsp3) is 0.231. The molecule has 0 aliphatic rings. The van der Waals surface area contributed by atoms with Gasteiger partial charge in [-0.3, -0.25) is 0 Å². The van der Waals surface area contributed by atoms with Crippen LogP contribution >= 0.6 is 11.6 Å². The monoisotopic (exact) mass is 251 g/mol. The van der Waals surface area contributed by atoms with Crippen LogP contribution in [0.3, 0.4) is 0 Å². The number of aryl methyl sites for hydroxylation is 1. The number of rotatable bonds is 3. The maximum atomic E-state index is 6.11. The molecule has 1 unspecified atom stereocenters. The lowest BCUT2D eigenvalue weighted by atomic mass is 10.1. The van der Waals surface area contributed by atoms with Gasteiger partial charge in [0.2, 0.25) is 0 Å². The molecule has 0 aliphatic heterocycles. The van der Waals surface area contributed by atoms with Crippen molar-refractivity contribution in [1.29, 1.82) is 0 Å². The second-order valence-electron chi connectivity index (χ2n) is 3.82. The number of furan rings is 1. The Morgan fingerprint density at radius 2 is 2.06 bits per heavy atom. The molecule has 2 N–H and O–H groups in total. The summed E-state index contributed by atoms with van der Waals surface area (Å²) in [6, 6.07) is 8.92. The van der Waals surface area contributed by atoms with E-state index in [1.165, 1.54) is 0 Å². The van der Waals surface area contributed by atoms with Crippen LogP contribution in [0.4, 0.5) is 0 Å². The first-order valence-electron chi connectivity index (χ1n) is 5.27. The van der Waals surface area contributed by atoms with E-state index in [4.69, 9.17) is 26.5 Å². The van der Waals surface area contributed by atoms with Crippen LogP contribution in [-0.2, 0) is 0 Å². The largest absolute Gasteiger partial charge is 0.495 e. The SMILES string of the molecule is COc1cc(C(N)c2ccc(C)o2)ccc1Cl. The van der Waals surface area contributed by atoms with Crippen molar-refractivity contribution in [3.05, 3.63) is 52.4 Å². The van der Waals surface area contributed by atoms with Crippen molar-refractivity contribution < 1.29 is 9.15 Å². The molecule has 0 saturated carbocycles. The average molecular weight is 252 g/mol. The fourth-order valence-corrected chi connectivity index (χ4v) is 1.85. The Hall–Kier alpha value is -1.45. The van der Waals surface area contributed by atoms with Crippen molar-refractivity contribution >= 4 is 11.6 Å². The van der Waals surface area contributed by atoms with Crippen molar-refractivity contribution in [2.24, 2.45) is 5.73 Å². The summed E-state index contributed by atoms with van der Waals surface area (Å²) in [5.41, 5.74) is 7.01. The smallest absolute Gasteiger partial charge is 0.137 e. The minimum absolute atomic E-state index is 0.310. The van der Waals surface area contributed by atoms with Crippen LogP contribution in [0.2, 0.25) is 5.02 Å². The predicted octanol–water partition coefficient (Wildman–Crippen LogP) is 3.30. The standard InChI is InChI=1S/C13H14ClNO2/c1-8-3-6-11(17-8)13(15)9-4-5-10(14)12(7-9)16-2/h3-7,13H,15H2,1-2H3. The van der Waals surface area contributed by atoms with Gasteiger partial charge in [-0.05, 0) is 36.8 Å². The molecule has 2 aromatic rings. The van der Waals surface area contributed by atoms with E-state index in [0.29, 0.717) is 10.8 Å². The Kier molecular flexibility index (Phi) is 3.41. The van der Waals surface area contributed by atoms with E-state index in [-0.39, 0.29) is 6.04 Å². The number of benzene rings is 1. The van der Waals surface area contributed by atoms with Gasteiger partial charge in [0, 0.05) is 0 Å². The van der Waals surface area contributed by atoms with Crippen molar-refractivity contribution in [1.82, 2.24) is 0 Å². The lowest BCUT2D eigenvalue weighted by Crippen LogP contribution is -2.10. The Labute approximate surface area is 105 Å². The molecule has 17 heavy (non-hydrogen) atoms. The third-order valence-electron chi connectivity index (χ3n) is 2.60. The van der Waals surface area contributed by atoms with E-state index in [1.807, 2.05) is 31.2 Å². The summed E-state index contributed by atoms with van der Waals surface area (Å²) < 4.78 is 10.7. The molecular weight excluding hydrogens is 238 g/mol. The lowest BCUT2D eigenvalue weighted by Gasteiger charge is -2.11. The van der Waals surface area contributed by atoms with Gasteiger partial charge in [-0.25, -0.2) is 0 Å². The minimum atomic E-state index is -0.310. The molecule has 0 radical (unpaired) electrons. The van der Waals surface area contributed by atoms with Gasteiger partial charge in [0.1, 0.15) is 17.3 Å². The molecule has 1 atom stereocenters. The quantitative estimate of drug-likeness (QED) is 0.911. The number of nitrogens with two attached hydrogens (primary N) is 1. The van der Waals surface area contributed by atoms with Crippen LogP contribution in [0.25, 0.3) is 0 Å². The second-order valence-corrected chi connectivity index (χ2v) is 4.23. The summed E-state index contributed by atoms with van der Waals surface area (Å²) in [4.78, 5) is 0. The van der Waals surface area contributed by atoms with Crippen molar-refractivity contribution in [2.45, 2.75) is 13.0 Å². The molecule has 4 heteroatoms. The van der Waals surface area contributed by atoms with Crippen molar-refractivity contribution in [3.63, 3.8) is 0 Å². The highest BCUT2D eigenvalue weighted by atomic mass is 35.5. The lowest BCUT2D eigenvalue weighted by molar-refractivity contribution is 0.413. The first-order chi connectivity index (χ1) is 8.11. The fourth-order valence-electron chi connectivity index (χ4n) is 1.65. The van der Waals surface area contributed by atoms with Gasteiger partial charge in [0.05, 0.1) is 18.2 Å². The van der Waals surface area contributed by atoms with Gasteiger partial charge in [-0.15, -0.1) is 0 Å². The molecule has 90 valence electrons. The zero-order valence-corrected chi connectivity index (χ0v) is 10.5. The highest BCUT2D eigenvalue weighted by molar-refractivity contribution is 6.32. The molecule has 2 rings (SSSR count). The van der Waals surface area contributed by atoms with E-state index in [9.17, 15) is 0 Å². The Morgan fingerprint density at radius 3 is 2.65 bits per heavy atom. The molecule has 0 spiro atoms. The zero-order valence-electron chi connectivity index (χ0n) is 9.74. The summed E-state index contributed by atoms with van der Waals surface area (Å²) in [5, 5.41) is 0.569. The van der Waals surface area contributed by atoms with Gasteiger partial charge in [-0.1, -0.05) is 17.7 Å². The maximum absolute atomic E-state index is 6.11. The van der Waals surface area contributed by atoms with E-state index in [1.54, 1.807) is 13.2 Å². The molecule has 3 nitrogen and oxygen atoms in total. The van der Waals surface area contributed by atoms with Crippen LogP contribution in [-0.4, -0.2) is 7.11 Å². The molecule has 0 amide bonds. The summed E-state index contributed by atoms with van der Waals surface area (Å²) in [5.74, 6) is 2.19. The van der Waals surface area contributed by atoms with E-state index in [0.717, 1.165) is 17.1 Å². The van der Waals surface area contributed by atoms with E-state index >= 15 is 0 Å². The van der Waals surface area contributed by atoms with Crippen LogP contribution in [0.1, 0.15) is 23.1 Å². The zero-order chi connectivity index (χ0) is 12.4. The van der Waals surface area contributed by atoms with E-state index < -0.39 is 0 Å². The van der Waals surface area contributed by atoms with Gasteiger partial charge in [0.15, 0.2) is 0 Å². The average Bonchev–Trinajstić information content (AvgIpc) is 2.75. The highest BCUT2D eigenvalue weighted by Crippen LogP contribution is 2.29. The second kappa shape index (κ2) is 4.82. The molecule has 1 aromatic heterocycles. The topological polar surface area (TPSA) is 48.4 Å². The van der Waals surface area contributed by atoms with E-state index in [2.05, 4.69) is 0 Å². The summed E-state index contributed by atoms with van der Waals surface area (Å²) in [6.07, 6.45) is 0. The first kappa shape index (κ1) is 12.0. The Morgan fingerprint density at radius 1 is 1.29 bits per heavy atom. The first-order valence-corrected chi connectivity index (χ1v) is 5.65. The van der Waals surface area contributed by atoms with Gasteiger partial charge in [0.25, 0.3) is 0 Å². The third-order valence-corrected chi connectivity index (χ3v) is 2.91. The van der Waals surface area contributed by atoms with Gasteiger partial charge in [-0.2, -0.15) is 0 Å². The van der Waals surface area contributed by atoms with Crippen molar-refractivity contribution in [3.8, 4) is 5.75 Å². The number of methoxy groups -OCH3 is 1. The molecule has 1 aromatic carbocycles. The Balaban J connectivity index is 2.34. The maximum Gasteiger partial charge on any atom is 0.137 e. The summed E-state index contributed by atoms with van der Waals surface area (Å²) >= 11 is 5.96. The van der Waals surface area contributed by atoms with Crippen LogP contribution in [0.5, 0.6) is 5.75 Å². The van der Waals surface area contributed by atoms with Crippen LogP contribution < -0.4 is 10.5 Å². The van der Waals surface area contributed by atoms with Gasteiger partial charge >= 0.3 is 0 Å². The van der Waals surface area contributed by atoms with Crippen LogP contribution in [0.15, 0.2) is 34.7 Å². The molecule has 0 aliphatic carbocycles. The predicted molar refractivity (Wildman–Crippen MR) is 67.5 cm³/mol. The summed E-state index contributed by atoms with van der Waals surface area (Å²) in [6.45, 7) is 1.89. The summed E-state index contributed by atoms with van der Waals surface area (Å²) in [7, 11) is 1.58. The number of hydrogen-bond acceptors (Lipinski definition) is 3. The number of ether oxygens (including phenoxy) is 1. The third kappa shape index (κ3) is 2.46. The van der Waals surface area contributed by atoms with Crippen molar-refractivity contribution in [2.75, 3.05) is 7.11 Å². The Bertz CT molecular complexity index is 522. The molecule has 0 fully saturated rings. The number of hydrogen-bond donors (Lipinski definition) is 1. The highest BCUT2D eigenvalue weighted by Gasteiger charge is 2.14. The normalized spacial score (nSPS) is 12.5. The minimum Gasteiger partial charge on any atom is -0.495 e. The molecule has 1 heterocycles. The molecule has 0 saturated heterocycles.